The number of halogens is 5. The van der Waals surface area contributed by atoms with Gasteiger partial charge < -0.3 is 5.32 Å². The van der Waals surface area contributed by atoms with Gasteiger partial charge in [-0.25, -0.2) is 8.42 Å². The summed E-state index contributed by atoms with van der Waals surface area (Å²) >= 11 is 5.84. The molecule has 148 valence electrons. The zero-order chi connectivity index (χ0) is 18.2. The molecule has 1 N–H and O–H groups in total. The molecule has 26 heavy (non-hydrogen) atoms. The van der Waals surface area contributed by atoms with Gasteiger partial charge in [-0.15, -0.1) is 12.4 Å². The molecule has 0 aromatic heterocycles. The molecular formula is C16H21Cl2F3N2O2S. The lowest BCUT2D eigenvalue weighted by Gasteiger charge is -2.32. The summed E-state index contributed by atoms with van der Waals surface area (Å²) in [7, 11) is -4.30. The molecule has 0 bridgehead atoms. The summed E-state index contributed by atoms with van der Waals surface area (Å²) in [6, 6.07) is 3.24. The first-order valence-corrected chi connectivity index (χ1v) is 10.1. The minimum Gasteiger partial charge on any atom is -0.314 e. The minimum absolute atomic E-state index is 0. The molecule has 1 aromatic rings. The molecule has 0 unspecified atom stereocenters. The van der Waals surface area contributed by atoms with Crippen LogP contribution in [0.2, 0.25) is 5.02 Å². The quantitative estimate of drug-likeness (QED) is 0.766. The number of rotatable bonds is 5. The molecule has 0 radical (unpaired) electrons. The minimum atomic E-state index is -4.78. The average molecular weight is 433 g/mol. The van der Waals surface area contributed by atoms with Gasteiger partial charge in [0.25, 0.3) is 0 Å². The number of alkyl halides is 3. The lowest BCUT2D eigenvalue weighted by Crippen LogP contribution is -2.45. The first-order valence-electron chi connectivity index (χ1n) is 8.29. The van der Waals surface area contributed by atoms with Gasteiger partial charge in [0.2, 0.25) is 10.0 Å². The second-order valence-corrected chi connectivity index (χ2v) is 8.93. The van der Waals surface area contributed by atoms with Crippen LogP contribution in [0, 0.1) is 5.92 Å². The summed E-state index contributed by atoms with van der Waals surface area (Å²) in [5.74, 6) is 0.722. The number of nitrogens with zero attached hydrogens (tertiary/aromatic N) is 1. The standard InChI is InChI=1S/C16H20ClF3N2O2S.ClH/c17-14-3-1-2-13(16(18,19)20)15(14)25(23,24)22-8-6-12(7-9-22)21-10-11-4-5-11;/h1-3,11-12,21H,4-10H2;1H. The van der Waals surface area contributed by atoms with Gasteiger partial charge in [0.05, 0.1) is 10.6 Å². The monoisotopic (exact) mass is 432 g/mol. The molecule has 2 aliphatic rings. The third-order valence-corrected chi connectivity index (χ3v) is 7.14. The third-order valence-electron chi connectivity index (χ3n) is 4.72. The van der Waals surface area contributed by atoms with Crippen molar-refractivity contribution in [3.63, 3.8) is 0 Å². The van der Waals surface area contributed by atoms with Gasteiger partial charge in [0.1, 0.15) is 4.90 Å². The predicted molar refractivity (Wildman–Crippen MR) is 96.2 cm³/mol. The fraction of sp³-hybridized carbons (Fsp3) is 0.625. The Kier molecular flexibility index (Phi) is 6.88. The Balaban J connectivity index is 0.00000243. The molecule has 3 rings (SSSR count). The fourth-order valence-corrected chi connectivity index (χ4v) is 5.27. The van der Waals surface area contributed by atoms with Crippen LogP contribution in [-0.4, -0.2) is 38.4 Å². The van der Waals surface area contributed by atoms with Gasteiger partial charge in [-0.05, 0) is 50.3 Å². The summed E-state index contributed by atoms with van der Waals surface area (Å²) < 4.78 is 66.3. The molecule has 1 saturated heterocycles. The van der Waals surface area contributed by atoms with Crippen molar-refractivity contribution < 1.29 is 21.6 Å². The van der Waals surface area contributed by atoms with E-state index in [1.54, 1.807) is 0 Å². The zero-order valence-electron chi connectivity index (χ0n) is 13.9. The van der Waals surface area contributed by atoms with Crippen molar-refractivity contribution in [2.45, 2.75) is 42.8 Å². The van der Waals surface area contributed by atoms with Crippen molar-refractivity contribution in [2.75, 3.05) is 19.6 Å². The summed E-state index contributed by atoms with van der Waals surface area (Å²) in [5.41, 5.74) is -1.21. The molecule has 1 aliphatic carbocycles. The first-order chi connectivity index (χ1) is 11.7. The number of benzene rings is 1. The van der Waals surface area contributed by atoms with Crippen molar-refractivity contribution in [2.24, 2.45) is 5.92 Å². The fourth-order valence-electron chi connectivity index (χ4n) is 3.08. The molecule has 2 fully saturated rings. The molecule has 1 aromatic carbocycles. The lowest BCUT2D eigenvalue weighted by molar-refractivity contribution is -0.139. The largest absolute Gasteiger partial charge is 0.417 e. The molecule has 0 atom stereocenters. The van der Waals surface area contributed by atoms with Gasteiger partial charge in [-0.1, -0.05) is 17.7 Å². The number of nitrogens with one attached hydrogen (secondary N) is 1. The molecule has 0 amide bonds. The van der Waals surface area contributed by atoms with Crippen molar-refractivity contribution in [1.29, 1.82) is 0 Å². The summed E-state index contributed by atoms with van der Waals surface area (Å²) in [5, 5.41) is 3.02. The van der Waals surface area contributed by atoms with E-state index in [4.69, 9.17) is 11.6 Å². The van der Waals surface area contributed by atoms with Crippen molar-refractivity contribution >= 4 is 34.0 Å². The van der Waals surface area contributed by atoms with Crippen molar-refractivity contribution in [3.05, 3.63) is 28.8 Å². The Labute approximate surface area is 162 Å². The van der Waals surface area contributed by atoms with E-state index < -0.39 is 31.7 Å². The topological polar surface area (TPSA) is 49.4 Å². The second-order valence-electron chi connectivity index (χ2n) is 6.64. The van der Waals surface area contributed by atoms with Gasteiger partial charge in [0, 0.05) is 19.1 Å². The van der Waals surface area contributed by atoms with Gasteiger partial charge in [-0.2, -0.15) is 17.5 Å². The Bertz CT molecular complexity index is 732. The van der Waals surface area contributed by atoms with Gasteiger partial charge >= 0.3 is 6.18 Å². The van der Waals surface area contributed by atoms with E-state index >= 15 is 0 Å². The maximum atomic E-state index is 13.2. The lowest BCUT2D eigenvalue weighted by atomic mass is 10.1. The highest BCUT2D eigenvalue weighted by Crippen LogP contribution is 2.39. The third kappa shape index (κ3) is 4.84. The van der Waals surface area contributed by atoms with Crippen LogP contribution in [0.5, 0.6) is 0 Å². The molecule has 10 heteroatoms. The van der Waals surface area contributed by atoms with E-state index in [2.05, 4.69) is 5.32 Å². The number of piperidine rings is 1. The smallest absolute Gasteiger partial charge is 0.314 e. The van der Waals surface area contributed by atoms with Crippen molar-refractivity contribution in [3.8, 4) is 0 Å². The van der Waals surface area contributed by atoms with Crippen LogP contribution in [0.3, 0.4) is 0 Å². The van der Waals surface area contributed by atoms with Gasteiger partial charge in [-0.3, -0.25) is 0 Å². The Hall–Kier alpha value is -0.540. The van der Waals surface area contributed by atoms with E-state index in [1.165, 1.54) is 18.9 Å². The van der Waals surface area contributed by atoms with E-state index in [0.29, 0.717) is 12.8 Å². The second kappa shape index (κ2) is 8.22. The molecule has 4 nitrogen and oxygen atoms in total. The van der Waals surface area contributed by atoms with Crippen molar-refractivity contribution in [1.82, 2.24) is 9.62 Å². The predicted octanol–water partition coefficient (Wildman–Crippen LogP) is 3.93. The zero-order valence-corrected chi connectivity index (χ0v) is 16.3. The Morgan fingerprint density at radius 1 is 1.15 bits per heavy atom. The van der Waals surface area contributed by atoms with Crippen LogP contribution in [0.15, 0.2) is 23.1 Å². The Morgan fingerprint density at radius 3 is 2.31 bits per heavy atom. The number of sulfonamides is 1. The molecule has 1 aliphatic heterocycles. The van der Waals surface area contributed by atoms with Crippen LogP contribution >= 0.6 is 24.0 Å². The summed E-state index contributed by atoms with van der Waals surface area (Å²) in [6.45, 7) is 1.31. The van der Waals surface area contributed by atoms with E-state index in [-0.39, 0.29) is 31.5 Å². The van der Waals surface area contributed by atoms with E-state index in [9.17, 15) is 21.6 Å². The highest BCUT2D eigenvalue weighted by molar-refractivity contribution is 7.89. The van der Waals surface area contributed by atoms with Crippen LogP contribution in [-0.2, 0) is 16.2 Å². The van der Waals surface area contributed by atoms with Crippen LogP contribution in [0.4, 0.5) is 13.2 Å². The highest BCUT2D eigenvalue weighted by atomic mass is 35.5. The normalized spacial score (nSPS) is 20.0. The van der Waals surface area contributed by atoms with E-state index in [0.717, 1.165) is 28.9 Å². The maximum absolute atomic E-state index is 13.2. The summed E-state index contributed by atoms with van der Waals surface area (Å²) in [6.07, 6.45) is -1.16. The summed E-state index contributed by atoms with van der Waals surface area (Å²) in [4.78, 5) is -0.839. The molecular weight excluding hydrogens is 412 g/mol. The molecule has 0 spiro atoms. The van der Waals surface area contributed by atoms with Crippen LogP contribution in [0.1, 0.15) is 31.2 Å². The average Bonchev–Trinajstić information content (AvgIpc) is 3.36. The highest BCUT2D eigenvalue weighted by Gasteiger charge is 2.41. The molecule has 1 saturated carbocycles. The Morgan fingerprint density at radius 2 is 1.77 bits per heavy atom. The van der Waals surface area contributed by atoms with E-state index in [1.807, 2.05) is 0 Å². The SMILES string of the molecule is Cl.O=S(=O)(c1c(Cl)cccc1C(F)(F)F)N1CCC(NCC2CC2)CC1. The molecule has 1 heterocycles. The number of hydrogen-bond acceptors (Lipinski definition) is 3. The first kappa shape index (κ1) is 21.8. The maximum Gasteiger partial charge on any atom is 0.417 e. The van der Waals surface area contributed by atoms with Crippen LogP contribution < -0.4 is 5.32 Å². The number of hydrogen-bond donors (Lipinski definition) is 1. The van der Waals surface area contributed by atoms with Crippen LogP contribution in [0.25, 0.3) is 0 Å². The van der Waals surface area contributed by atoms with Gasteiger partial charge in [0.15, 0.2) is 0 Å².